The third-order valence-electron chi connectivity index (χ3n) is 3.83. The molecular weight excluding hydrogens is 369 g/mol. The molecule has 0 aliphatic heterocycles. The van der Waals surface area contributed by atoms with Gasteiger partial charge in [0.2, 0.25) is 5.91 Å². The van der Waals surface area contributed by atoms with Gasteiger partial charge in [-0.2, -0.15) is 13.2 Å². The molecule has 0 saturated heterocycles. The Labute approximate surface area is 151 Å². The summed E-state index contributed by atoms with van der Waals surface area (Å²) in [5, 5.41) is 3.07. The number of carbonyl (C=O) groups excluding carboxylic acids is 2. The van der Waals surface area contributed by atoms with Crippen LogP contribution in [0.1, 0.15) is 15.9 Å². The van der Waals surface area contributed by atoms with E-state index in [1.807, 2.05) is 0 Å². The van der Waals surface area contributed by atoms with Crippen LogP contribution in [-0.2, 0) is 17.5 Å². The Morgan fingerprint density at radius 1 is 1.19 bits per heavy atom. The number of amides is 1. The zero-order chi connectivity index (χ0) is 18.9. The first kappa shape index (κ1) is 18.0. The van der Waals surface area contributed by atoms with Gasteiger partial charge >= 0.3 is 6.18 Å². The topological polar surface area (TPSA) is 51.1 Å². The molecular formula is C18H12ClF3N2O2. The van der Waals surface area contributed by atoms with Crippen molar-refractivity contribution in [2.75, 3.05) is 5.32 Å². The van der Waals surface area contributed by atoms with Crippen molar-refractivity contribution in [2.24, 2.45) is 0 Å². The number of para-hydroxylation sites is 1. The summed E-state index contributed by atoms with van der Waals surface area (Å²) in [6, 6.07) is 9.72. The number of anilines is 1. The number of fused-ring (bicyclic) bond motifs is 1. The average molecular weight is 381 g/mol. The highest BCUT2D eigenvalue weighted by Gasteiger charge is 2.31. The standard InChI is InChI=1S/C18H12ClF3N2O2/c19-14-6-5-12(18(20,21)22)7-15(14)23-17(26)9-24-8-11(10-25)13-3-1-2-4-16(13)24/h1-8,10H,9H2,(H,23,26). The van der Waals surface area contributed by atoms with Gasteiger partial charge in [-0.05, 0) is 24.3 Å². The van der Waals surface area contributed by atoms with Gasteiger partial charge in [-0.25, -0.2) is 0 Å². The maximum atomic E-state index is 12.8. The Kier molecular flexibility index (Phi) is 4.73. The molecule has 26 heavy (non-hydrogen) atoms. The minimum absolute atomic E-state index is 0.00250. The van der Waals surface area contributed by atoms with E-state index in [1.165, 1.54) is 6.20 Å². The second-order valence-electron chi connectivity index (χ2n) is 5.59. The van der Waals surface area contributed by atoms with Gasteiger partial charge in [-0.3, -0.25) is 9.59 Å². The van der Waals surface area contributed by atoms with Crippen molar-refractivity contribution < 1.29 is 22.8 Å². The predicted molar refractivity (Wildman–Crippen MR) is 92.4 cm³/mol. The van der Waals surface area contributed by atoms with E-state index < -0.39 is 17.6 Å². The maximum Gasteiger partial charge on any atom is 0.416 e. The van der Waals surface area contributed by atoms with Crippen LogP contribution in [0.5, 0.6) is 0 Å². The van der Waals surface area contributed by atoms with Gasteiger partial charge in [-0.1, -0.05) is 29.8 Å². The highest BCUT2D eigenvalue weighted by atomic mass is 35.5. The number of alkyl halides is 3. The van der Waals surface area contributed by atoms with E-state index in [0.29, 0.717) is 22.8 Å². The first-order valence-corrected chi connectivity index (χ1v) is 7.87. The first-order valence-electron chi connectivity index (χ1n) is 7.49. The summed E-state index contributed by atoms with van der Waals surface area (Å²) in [4.78, 5) is 23.4. The summed E-state index contributed by atoms with van der Waals surface area (Å²) >= 11 is 5.88. The van der Waals surface area contributed by atoms with Crippen molar-refractivity contribution in [3.8, 4) is 0 Å². The molecule has 3 rings (SSSR count). The number of aldehydes is 1. The van der Waals surface area contributed by atoms with Crippen molar-refractivity contribution in [2.45, 2.75) is 12.7 Å². The van der Waals surface area contributed by atoms with Gasteiger partial charge in [0, 0.05) is 22.7 Å². The van der Waals surface area contributed by atoms with Crippen LogP contribution >= 0.6 is 11.6 Å². The van der Waals surface area contributed by atoms with E-state index in [1.54, 1.807) is 28.8 Å². The summed E-state index contributed by atoms with van der Waals surface area (Å²) in [6.45, 7) is -0.180. The van der Waals surface area contributed by atoms with Crippen molar-refractivity contribution in [3.05, 3.63) is 64.8 Å². The highest BCUT2D eigenvalue weighted by molar-refractivity contribution is 6.33. The monoisotopic (exact) mass is 380 g/mol. The molecule has 0 fully saturated rings. The van der Waals surface area contributed by atoms with Gasteiger partial charge in [-0.15, -0.1) is 0 Å². The van der Waals surface area contributed by atoms with E-state index in [0.717, 1.165) is 18.2 Å². The van der Waals surface area contributed by atoms with E-state index in [2.05, 4.69) is 5.32 Å². The predicted octanol–water partition coefficient (Wildman–Crippen LogP) is 4.76. The largest absolute Gasteiger partial charge is 0.416 e. The maximum absolute atomic E-state index is 12.8. The number of aromatic nitrogens is 1. The number of rotatable bonds is 4. The van der Waals surface area contributed by atoms with Crippen molar-refractivity contribution in [3.63, 3.8) is 0 Å². The Morgan fingerprint density at radius 2 is 1.92 bits per heavy atom. The number of nitrogens with one attached hydrogen (secondary N) is 1. The van der Waals surface area contributed by atoms with E-state index in [-0.39, 0.29) is 17.3 Å². The van der Waals surface area contributed by atoms with Crippen LogP contribution in [0, 0.1) is 0 Å². The van der Waals surface area contributed by atoms with Gasteiger partial charge < -0.3 is 9.88 Å². The Balaban J connectivity index is 1.85. The molecule has 0 bridgehead atoms. The number of carbonyl (C=O) groups is 2. The number of hydrogen-bond donors (Lipinski definition) is 1. The van der Waals surface area contributed by atoms with Gasteiger partial charge in [0.1, 0.15) is 6.54 Å². The van der Waals surface area contributed by atoms with Gasteiger partial charge in [0.25, 0.3) is 0 Å². The molecule has 4 nitrogen and oxygen atoms in total. The van der Waals surface area contributed by atoms with E-state index in [9.17, 15) is 22.8 Å². The molecule has 134 valence electrons. The lowest BCUT2D eigenvalue weighted by molar-refractivity contribution is -0.137. The van der Waals surface area contributed by atoms with Crippen molar-refractivity contribution in [1.29, 1.82) is 0 Å². The molecule has 0 radical (unpaired) electrons. The zero-order valence-corrected chi connectivity index (χ0v) is 13.9. The normalized spacial score (nSPS) is 11.5. The van der Waals surface area contributed by atoms with Gasteiger partial charge in [0.05, 0.1) is 16.3 Å². The minimum atomic E-state index is -4.54. The number of hydrogen-bond acceptors (Lipinski definition) is 2. The molecule has 1 amide bonds. The van der Waals surface area contributed by atoms with Crippen LogP contribution in [0.15, 0.2) is 48.7 Å². The van der Waals surface area contributed by atoms with Crippen LogP contribution < -0.4 is 5.32 Å². The molecule has 3 aromatic rings. The molecule has 1 aromatic heterocycles. The minimum Gasteiger partial charge on any atom is -0.337 e. The molecule has 2 aromatic carbocycles. The van der Waals surface area contributed by atoms with Crippen LogP contribution in [0.25, 0.3) is 10.9 Å². The second kappa shape index (κ2) is 6.84. The summed E-state index contributed by atoms with van der Waals surface area (Å²) in [5.41, 5.74) is 0.0517. The van der Waals surface area contributed by atoms with Crippen LogP contribution in [-0.4, -0.2) is 16.8 Å². The van der Waals surface area contributed by atoms with E-state index in [4.69, 9.17) is 11.6 Å². The molecule has 8 heteroatoms. The van der Waals surface area contributed by atoms with Crippen LogP contribution in [0.3, 0.4) is 0 Å². The molecule has 0 spiro atoms. The third kappa shape index (κ3) is 3.57. The third-order valence-corrected chi connectivity index (χ3v) is 4.16. The number of nitrogens with zero attached hydrogens (tertiary/aromatic N) is 1. The summed E-state index contributed by atoms with van der Waals surface area (Å²) < 4.78 is 40.0. The smallest absolute Gasteiger partial charge is 0.337 e. The lowest BCUT2D eigenvalue weighted by Gasteiger charge is -2.12. The highest BCUT2D eigenvalue weighted by Crippen LogP contribution is 2.33. The fourth-order valence-corrected chi connectivity index (χ4v) is 2.81. The lowest BCUT2D eigenvalue weighted by atomic mass is 10.2. The fraction of sp³-hybridized carbons (Fsp3) is 0.111. The molecule has 0 aliphatic carbocycles. The van der Waals surface area contributed by atoms with Crippen LogP contribution in [0.4, 0.5) is 18.9 Å². The first-order chi connectivity index (χ1) is 12.3. The summed E-state index contributed by atoms with van der Waals surface area (Å²) in [7, 11) is 0. The molecule has 0 atom stereocenters. The average Bonchev–Trinajstić information content (AvgIpc) is 2.94. The summed E-state index contributed by atoms with van der Waals surface area (Å²) in [6.07, 6.45) is -2.34. The molecule has 1 heterocycles. The fourth-order valence-electron chi connectivity index (χ4n) is 2.64. The quantitative estimate of drug-likeness (QED) is 0.663. The van der Waals surface area contributed by atoms with Crippen molar-refractivity contribution in [1.82, 2.24) is 4.57 Å². The van der Waals surface area contributed by atoms with Crippen LogP contribution in [0.2, 0.25) is 5.02 Å². The Morgan fingerprint density at radius 3 is 2.62 bits per heavy atom. The number of benzene rings is 2. The second-order valence-corrected chi connectivity index (χ2v) is 6.00. The molecule has 0 aliphatic rings. The lowest BCUT2D eigenvalue weighted by Crippen LogP contribution is -2.19. The molecule has 0 unspecified atom stereocenters. The molecule has 1 N–H and O–H groups in total. The Bertz CT molecular complexity index is 996. The van der Waals surface area contributed by atoms with E-state index >= 15 is 0 Å². The SMILES string of the molecule is O=Cc1cn(CC(=O)Nc2cc(C(F)(F)F)ccc2Cl)c2ccccc12. The van der Waals surface area contributed by atoms with Gasteiger partial charge in [0.15, 0.2) is 6.29 Å². The Hall–Kier alpha value is -2.80. The molecule has 0 saturated carbocycles. The zero-order valence-electron chi connectivity index (χ0n) is 13.2. The van der Waals surface area contributed by atoms with Crippen molar-refractivity contribution >= 4 is 40.4 Å². The summed E-state index contributed by atoms with van der Waals surface area (Å²) in [5.74, 6) is -0.565. The number of halogens is 4.